The van der Waals surface area contributed by atoms with Gasteiger partial charge in [0.2, 0.25) is 0 Å². The van der Waals surface area contributed by atoms with E-state index in [1.165, 1.54) is 17.7 Å². The van der Waals surface area contributed by atoms with Gasteiger partial charge in [0, 0.05) is 23.2 Å². The summed E-state index contributed by atoms with van der Waals surface area (Å²) in [6, 6.07) is 7.43. The molecule has 2 amide bonds. The minimum Gasteiger partial charge on any atom is -0.375 e. The van der Waals surface area contributed by atoms with Gasteiger partial charge in [0.05, 0.1) is 30.3 Å². The van der Waals surface area contributed by atoms with Crippen LogP contribution in [-0.2, 0) is 24.3 Å². The summed E-state index contributed by atoms with van der Waals surface area (Å²) in [5.41, 5.74) is 1.90. The summed E-state index contributed by atoms with van der Waals surface area (Å²) in [5.74, 6) is 0. The summed E-state index contributed by atoms with van der Waals surface area (Å²) in [6.45, 7) is 1.94. The van der Waals surface area contributed by atoms with Gasteiger partial charge in [-0.2, -0.15) is 0 Å². The fourth-order valence-electron chi connectivity index (χ4n) is 3.60. The van der Waals surface area contributed by atoms with E-state index in [4.69, 9.17) is 21.3 Å². The second-order valence-electron chi connectivity index (χ2n) is 6.78. The van der Waals surface area contributed by atoms with Crippen LogP contribution < -0.4 is 5.32 Å². The number of benzene rings is 1. The van der Waals surface area contributed by atoms with Gasteiger partial charge in [0.15, 0.2) is 0 Å². The van der Waals surface area contributed by atoms with Crippen molar-refractivity contribution < 1.29 is 9.53 Å². The van der Waals surface area contributed by atoms with E-state index in [-0.39, 0.29) is 12.1 Å². The Kier molecular flexibility index (Phi) is 5.43. The Balaban J connectivity index is 1.50. The average molecular weight is 392 g/mol. The maximum absolute atomic E-state index is 13.0. The summed E-state index contributed by atoms with van der Waals surface area (Å²) >= 11 is 7.60. The number of nitrogens with zero attached hydrogens (tertiary/aromatic N) is 2. The maximum atomic E-state index is 13.0. The highest BCUT2D eigenvalue weighted by Crippen LogP contribution is 2.29. The van der Waals surface area contributed by atoms with E-state index in [9.17, 15) is 4.79 Å². The van der Waals surface area contributed by atoms with E-state index in [0.29, 0.717) is 18.2 Å². The summed E-state index contributed by atoms with van der Waals surface area (Å²) in [6.07, 6.45) is 5.34. The van der Waals surface area contributed by atoms with Crippen LogP contribution in [0.3, 0.4) is 0 Å². The van der Waals surface area contributed by atoms with Gasteiger partial charge in [0.25, 0.3) is 0 Å². The molecule has 1 aliphatic carbocycles. The molecule has 4 rings (SSSR count). The molecule has 0 unspecified atom stereocenters. The Morgan fingerprint density at radius 2 is 2.08 bits per heavy atom. The van der Waals surface area contributed by atoms with Crippen molar-refractivity contribution in [3.05, 3.63) is 44.9 Å². The molecule has 1 fully saturated rings. The second kappa shape index (κ2) is 7.94. The quantitative estimate of drug-likeness (QED) is 0.810. The molecule has 0 saturated heterocycles. The summed E-state index contributed by atoms with van der Waals surface area (Å²) < 4.78 is 5.52. The molecule has 26 heavy (non-hydrogen) atoms. The van der Waals surface area contributed by atoms with Crippen LogP contribution in [0, 0.1) is 0 Å². The number of aromatic nitrogens is 1. The largest absolute Gasteiger partial charge is 0.375 e. The van der Waals surface area contributed by atoms with Crippen LogP contribution in [0.5, 0.6) is 0 Å². The van der Waals surface area contributed by atoms with Crippen LogP contribution in [0.15, 0.2) is 24.3 Å². The summed E-state index contributed by atoms with van der Waals surface area (Å²) in [5, 5.41) is 4.67. The molecule has 138 valence electrons. The fourth-order valence-corrected chi connectivity index (χ4v) is 4.78. The second-order valence-corrected chi connectivity index (χ2v) is 8.39. The van der Waals surface area contributed by atoms with E-state index < -0.39 is 0 Å². The van der Waals surface area contributed by atoms with Crippen molar-refractivity contribution in [3.63, 3.8) is 0 Å². The minimum atomic E-state index is -0.0661. The average Bonchev–Trinajstić information content (AvgIpc) is 3.30. The molecule has 2 heterocycles. The van der Waals surface area contributed by atoms with Crippen molar-refractivity contribution in [2.45, 2.75) is 51.3 Å². The minimum absolute atomic E-state index is 0.0661. The van der Waals surface area contributed by atoms with Crippen LogP contribution in [-0.4, -0.2) is 28.6 Å². The lowest BCUT2D eigenvalue weighted by Crippen LogP contribution is -2.41. The molecule has 2 aliphatic rings. The van der Waals surface area contributed by atoms with Crippen molar-refractivity contribution in [2.75, 3.05) is 11.9 Å². The summed E-state index contributed by atoms with van der Waals surface area (Å²) in [4.78, 5) is 20.9. The van der Waals surface area contributed by atoms with Gasteiger partial charge < -0.3 is 15.0 Å². The molecule has 0 spiro atoms. The van der Waals surface area contributed by atoms with E-state index in [2.05, 4.69) is 5.32 Å². The van der Waals surface area contributed by atoms with E-state index in [1.807, 2.05) is 17.0 Å². The van der Waals surface area contributed by atoms with E-state index in [0.717, 1.165) is 42.3 Å². The Morgan fingerprint density at radius 1 is 1.31 bits per heavy atom. The molecule has 0 radical (unpaired) electrons. The van der Waals surface area contributed by atoms with Gasteiger partial charge in [-0.05, 0) is 37.1 Å². The normalized spacial score (nSPS) is 17.1. The molecule has 1 saturated carbocycles. The van der Waals surface area contributed by atoms with Crippen LogP contribution in [0.2, 0.25) is 5.02 Å². The number of carbonyl (C=O) groups excluding carboxylic acids is 1. The first-order chi connectivity index (χ1) is 12.7. The van der Waals surface area contributed by atoms with Crippen LogP contribution in [0.25, 0.3) is 0 Å². The monoisotopic (exact) mass is 391 g/mol. The zero-order valence-corrected chi connectivity index (χ0v) is 16.1. The number of urea groups is 1. The number of rotatable bonds is 4. The number of carbonyl (C=O) groups is 1. The lowest BCUT2D eigenvalue weighted by atomic mass is 10.2. The molecule has 1 aliphatic heterocycles. The van der Waals surface area contributed by atoms with Crippen molar-refractivity contribution >= 4 is 34.7 Å². The highest BCUT2D eigenvalue weighted by atomic mass is 35.5. The van der Waals surface area contributed by atoms with Gasteiger partial charge in [-0.25, -0.2) is 9.78 Å². The fraction of sp³-hybridized carbons (Fsp3) is 0.474. The molecule has 5 nitrogen and oxygen atoms in total. The van der Waals surface area contributed by atoms with Gasteiger partial charge in [-0.3, -0.25) is 0 Å². The Morgan fingerprint density at radius 3 is 2.81 bits per heavy atom. The van der Waals surface area contributed by atoms with Crippen molar-refractivity contribution in [3.8, 4) is 0 Å². The number of nitrogens with one attached hydrogen (secondary N) is 1. The standard InChI is InChI=1S/C19H22ClN3O2S/c20-13-5-7-14(8-6-13)21-19(24)23(15-3-1-2-4-15)11-18-22-16-9-10-25-12-17(16)26-18/h5-8,15H,1-4,9-12H2,(H,21,24). The number of thiazole rings is 1. The number of halogens is 1. The third-order valence-electron chi connectivity index (χ3n) is 4.97. The molecule has 1 aromatic heterocycles. The number of hydrogen-bond donors (Lipinski definition) is 1. The predicted molar refractivity (Wildman–Crippen MR) is 104 cm³/mol. The molecule has 1 aromatic carbocycles. The van der Waals surface area contributed by atoms with Gasteiger partial charge in [-0.15, -0.1) is 11.3 Å². The van der Waals surface area contributed by atoms with Crippen molar-refractivity contribution in [1.29, 1.82) is 0 Å². The highest BCUT2D eigenvalue weighted by Gasteiger charge is 2.28. The number of fused-ring (bicyclic) bond motifs is 1. The molecular formula is C19H22ClN3O2S. The number of ether oxygens (including phenoxy) is 1. The molecule has 2 aromatic rings. The van der Waals surface area contributed by atoms with Crippen LogP contribution >= 0.6 is 22.9 Å². The summed E-state index contributed by atoms with van der Waals surface area (Å²) in [7, 11) is 0. The Bertz CT molecular complexity index is 748. The van der Waals surface area contributed by atoms with Gasteiger partial charge in [0.1, 0.15) is 5.01 Å². The first kappa shape index (κ1) is 17.8. The van der Waals surface area contributed by atoms with Crippen LogP contribution in [0.1, 0.15) is 41.3 Å². The van der Waals surface area contributed by atoms with Crippen molar-refractivity contribution in [1.82, 2.24) is 9.88 Å². The van der Waals surface area contributed by atoms with E-state index in [1.54, 1.807) is 23.5 Å². The van der Waals surface area contributed by atoms with E-state index >= 15 is 0 Å². The topological polar surface area (TPSA) is 54.5 Å². The molecular weight excluding hydrogens is 370 g/mol. The highest BCUT2D eigenvalue weighted by molar-refractivity contribution is 7.11. The van der Waals surface area contributed by atoms with Gasteiger partial charge in [-0.1, -0.05) is 24.4 Å². The third-order valence-corrected chi connectivity index (χ3v) is 6.27. The third kappa shape index (κ3) is 4.03. The van der Waals surface area contributed by atoms with Gasteiger partial charge >= 0.3 is 6.03 Å². The zero-order chi connectivity index (χ0) is 17.9. The zero-order valence-electron chi connectivity index (χ0n) is 14.5. The number of amides is 2. The smallest absolute Gasteiger partial charge is 0.322 e. The Labute approximate surface area is 162 Å². The lowest BCUT2D eigenvalue weighted by Gasteiger charge is -2.28. The Hall–Kier alpha value is -1.63. The molecule has 0 bridgehead atoms. The maximum Gasteiger partial charge on any atom is 0.322 e. The molecule has 7 heteroatoms. The van der Waals surface area contributed by atoms with Crippen LogP contribution in [0.4, 0.5) is 10.5 Å². The number of hydrogen-bond acceptors (Lipinski definition) is 4. The molecule has 0 atom stereocenters. The SMILES string of the molecule is O=C(Nc1ccc(Cl)cc1)N(Cc1nc2c(s1)COCC2)C1CCCC1. The molecule has 1 N–H and O–H groups in total. The van der Waals surface area contributed by atoms with Crippen molar-refractivity contribution in [2.24, 2.45) is 0 Å². The first-order valence-electron chi connectivity index (χ1n) is 9.07. The lowest BCUT2D eigenvalue weighted by molar-refractivity contribution is 0.112. The number of anilines is 1. The predicted octanol–water partition coefficient (Wildman–Crippen LogP) is 4.85. The first-order valence-corrected chi connectivity index (χ1v) is 10.3.